The maximum Gasteiger partial charge on any atom is 0.280 e. The number of thiazole rings is 1. The molecule has 2 N–H and O–H groups in total. The number of hydrogen-bond donors (Lipinski definition) is 1. The van der Waals surface area contributed by atoms with E-state index in [1.54, 1.807) is 12.4 Å². The number of ether oxygens (including phenoxy) is 1. The van der Waals surface area contributed by atoms with Gasteiger partial charge in [-0.15, -0.1) is 0 Å². The highest BCUT2D eigenvalue weighted by atomic mass is 32.1. The predicted octanol–water partition coefficient (Wildman–Crippen LogP) is 2.22. The molecule has 72 valence electrons. The minimum Gasteiger partial charge on any atom is -0.429 e. The van der Waals surface area contributed by atoms with E-state index in [4.69, 9.17) is 10.5 Å². The largest absolute Gasteiger partial charge is 0.429 e. The molecule has 2 aromatic rings. The van der Waals surface area contributed by atoms with Crippen LogP contribution in [0.2, 0.25) is 0 Å². The van der Waals surface area contributed by atoms with Gasteiger partial charge in [-0.3, -0.25) is 4.98 Å². The molecule has 2 heterocycles. The smallest absolute Gasteiger partial charge is 0.280 e. The zero-order chi connectivity index (χ0) is 9.97. The Morgan fingerprint density at radius 1 is 1.29 bits per heavy atom. The van der Waals surface area contributed by atoms with E-state index < -0.39 is 0 Å². The van der Waals surface area contributed by atoms with Gasteiger partial charge in [0.25, 0.3) is 5.19 Å². The molecule has 2 rings (SSSR count). The number of nitrogens with two attached hydrogens (primary N) is 1. The van der Waals surface area contributed by atoms with E-state index in [0.717, 1.165) is 5.69 Å². The molecular formula is C9H9N3OS. The third-order valence-electron chi connectivity index (χ3n) is 1.59. The zero-order valence-electron chi connectivity index (χ0n) is 7.60. The summed E-state index contributed by atoms with van der Waals surface area (Å²) < 4.78 is 5.42. The summed E-state index contributed by atoms with van der Waals surface area (Å²) in [5.41, 5.74) is 6.47. The lowest BCUT2D eigenvalue weighted by Crippen LogP contribution is -1.85. The minimum atomic E-state index is 0.535. The molecule has 0 atom stereocenters. The van der Waals surface area contributed by atoms with Crippen LogP contribution in [-0.4, -0.2) is 9.97 Å². The molecule has 0 aliphatic heterocycles. The van der Waals surface area contributed by atoms with Crippen LogP contribution in [0.25, 0.3) is 0 Å². The molecule has 0 bridgehead atoms. The minimum absolute atomic E-state index is 0.535. The first-order valence-electron chi connectivity index (χ1n) is 4.06. The highest BCUT2D eigenvalue weighted by Crippen LogP contribution is 2.26. The number of anilines is 1. The second kappa shape index (κ2) is 3.63. The van der Waals surface area contributed by atoms with Crippen molar-refractivity contribution >= 4 is 16.3 Å². The van der Waals surface area contributed by atoms with Crippen LogP contribution in [0.5, 0.6) is 10.9 Å². The number of aryl methyl sites for hydroxylation is 1. The summed E-state index contributed by atoms with van der Waals surface area (Å²) in [6.45, 7) is 1.92. The van der Waals surface area contributed by atoms with E-state index in [1.807, 2.05) is 19.1 Å². The van der Waals surface area contributed by atoms with Crippen LogP contribution in [0, 0.1) is 6.92 Å². The summed E-state index contributed by atoms with van der Waals surface area (Å²) in [6.07, 6.45) is 3.23. The van der Waals surface area contributed by atoms with Crippen LogP contribution in [0.1, 0.15) is 5.69 Å². The Labute approximate surface area is 85.4 Å². The average molecular weight is 207 g/mol. The SMILES string of the molecule is Cc1ccc(Oc2ncc(N)s2)cn1. The lowest BCUT2D eigenvalue weighted by Gasteiger charge is -1.99. The highest BCUT2D eigenvalue weighted by Gasteiger charge is 2.01. The summed E-state index contributed by atoms with van der Waals surface area (Å²) in [4.78, 5) is 8.08. The molecule has 0 aliphatic rings. The number of pyridine rings is 1. The van der Waals surface area contributed by atoms with Gasteiger partial charge in [0.15, 0.2) is 0 Å². The molecule has 14 heavy (non-hydrogen) atoms. The van der Waals surface area contributed by atoms with Gasteiger partial charge in [-0.05, 0) is 19.1 Å². The van der Waals surface area contributed by atoms with Crippen LogP contribution < -0.4 is 10.5 Å². The van der Waals surface area contributed by atoms with Gasteiger partial charge in [-0.1, -0.05) is 11.3 Å². The fourth-order valence-corrected chi connectivity index (χ4v) is 1.48. The maximum absolute atomic E-state index is 5.52. The first-order valence-corrected chi connectivity index (χ1v) is 4.87. The summed E-state index contributed by atoms with van der Waals surface area (Å²) >= 11 is 1.30. The Morgan fingerprint density at radius 3 is 2.71 bits per heavy atom. The van der Waals surface area contributed by atoms with Gasteiger partial charge in [0.1, 0.15) is 10.8 Å². The highest BCUT2D eigenvalue weighted by molar-refractivity contribution is 7.17. The van der Waals surface area contributed by atoms with Crippen molar-refractivity contribution in [2.24, 2.45) is 0 Å². The van der Waals surface area contributed by atoms with Gasteiger partial charge in [-0.2, -0.15) is 0 Å². The normalized spacial score (nSPS) is 10.1. The van der Waals surface area contributed by atoms with Crippen molar-refractivity contribution < 1.29 is 4.74 Å². The van der Waals surface area contributed by atoms with Crippen molar-refractivity contribution in [3.8, 4) is 10.9 Å². The van der Waals surface area contributed by atoms with E-state index in [9.17, 15) is 0 Å². The Balaban J connectivity index is 2.15. The van der Waals surface area contributed by atoms with Gasteiger partial charge in [-0.25, -0.2) is 4.98 Å². The fourth-order valence-electron chi connectivity index (χ4n) is 0.932. The van der Waals surface area contributed by atoms with Crippen LogP contribution in [0.15, 0.2) is 24.5 Å². The summed E-state index contributed by atoms with van der Waals surface area (Å²) in [7, 11) is 0. The van der Waals surface area contributed by atoms with Crippen molar-refractivity contribution in [2.45, 2.75) is 6.92 Å². The average Bonchev–Trinajstić information content (AvgIpc) is 2.56. The van der Waals surface area contributed by atoms with E-state index in [0.29, 0.717) is 15.9 Å². The topological polar surface area (TPSA) is 61.0 Å². The number of rotatable bonds is 2. The fraction of sp³-hybridized carbons (Fsp3) is 0.111. The Kier molecular flexibility index (Phi) is 2.32. The van der Waals surface area contributed by atoms with Crippen molar-refractivity contribution in [1.82, 2.24) is 9.97 Å². The monoisotopic (exact) mass is 207 g/mol. The second-order valence-corrected chi connectivity index (χ2v) is 3.79. The number of hydrogen-bond acceptors (Lipinski definition) is 5. The van der Waals surface area contributed by atoms with Crippen molar-refractivity contribution in [3.05, 3.63) is 30.2 Å². The van der Waals surface area contributed by atoms with Crippen LogP contribution in [0.4, 0.5) is 5.00 Å². The van der Waals surface area contributed by atoms with E-state index in [-0.39, 0.29) is 0 Å². The first kappa shape index (κ1) is 8.96. The molecule has 4 nitrogen and oxygen atoms in total. The molecule has 0 spiro atoms. The van der Waals surface area contributed by atoms with Gasteiger partial charge in [0, 0.05) is 5.69 Å². The van der Waals surface area contributed by atoms with Crippen LogP contribution in [-0.2, 0) is 0 Å². The van der Waals surface area contributed by atoms with Crippen LogP contribution >= 0.6 is 11.3 Å². The molecule has 0 amide bonds. The van der Waals surface area contributed by atoms with Gasteiger partial charge < -0.3 is 10.5 Å². The van der Waals surface area contributed by atoms with E-state index >= 15 is 0 Å². The molecular weight excluding hydrogens is 198 g/mol. The zero-order valence-corrected chi connectivity index (χ0v) is 8.41. The molecule has 5 heteroatoms. The summed E-state index contributed by atoms with van der Waals surface area (Å²) in [5.74, 6) is 0.671. The first-order chi connectivity index (χ1) is 6.74. The maximum atomic E-state index is 5.52. The molecule has 0 radical (unpaired) electrons. The molecule has 0 saturated carbocycles. The third kappa shape index (κ3) is 2.00. The second-order valence-electron chi connectivity index (χ2n) is 2.77. The Morgan fingerprint density at radius 2 is 2.14 bits per heavy atom. The Hall–Kier alpha value is -1.62. The number of nitrogen functional groups attached to an aromatic ring is 1. The molecule has 0 unspecified atom stereocenters. The quantitative estimate of drug-likeness (QED) is 0.820. The molecule has 0 fully saturated rings. The Bertz CT molecular complexity index is 424. The number of aromatic nitrogens is 2. The van der Waals surface area contributed by atoms with Gasteiger partial charge in [0.05, 0.1) is 12.4 Å². The summed E-state index contributed by atoms with van der Waals surface area (Å²) in [6, 6.07) is 3.73. The van der Waals surface area contributed by atoms with Crippen LogP contribution in [0.3, 0.4) is 0 Å². The predicted molar refractivity (Wildman–Crippen MR) is 55.6 cm³/mol. The third-order valence-corrected chi connectivity index (χ3v) is 2.30. The van der Waals surface area contributed by atoms with E-state index in [1.165, 1.54) is 11.3 Å². The van der Waals surface area contributed by atoms with Crippen molar-refractivity contribution in [3.63, 3.8) is 0 Å². The lowest BCUT2D eigenvalue weighted by atomic mass is 10.4. The standard InChI is InChI=1S/C9H9N3OS/c1-6-2-3-7(4-11-6)13-9-12-5-8(10)14-9/h2-5H,10H2,1H3. The van der Waals surface area contributed by atoms with Gasteiger partial charge >= 0.3 is 0 Å². The lowest BCUT2D eigenvalue weighted by molar-refractivity contribution is 0.476. The number of nitrogens with zero attached hydrogens (tertiary/aromatic N) is 2. The van der Waals surface area contributed by atoms with Crippen molar-refractivity contribution in [1.29, 1.82) is 0 Å². The van der Waals surface area contributed by atoms with Crippen molar-refractivity contribution in [2.75, 3.05) is 5.73 Å². The summed E-state index contributed by atoms with van der Waals surface area (Å²) in [5, 5.41) is 1.17. The molecule has 0 aromatic carbocycles. The van der Waals surface area contributed by atoms with Gasteiger partial charge in [0.2, 0.25) is 0 Å². The van der Waals surface area contributed by atoms with E-state index in [2.05, 4.69) is 9.97 Å². The molecule has 2 aromatic heterocycles. The molecule has 0 aliphatic carbocycles. The molecule has 0 saturated heterocycles.